The second-order valence-corrected chi connectivity index (χ2v) is 5.09. The van der Waals surface area contributed by atoms with E-state index in [2.05, 4.69) is 0 Å². The van der Waals surface area contributed by atoms with Crippen LogP contribution in [0.25, 0.3) is 0 Å². The minimum absolute atomic E-state index is 0.342. The fraction of sp³-hybridized carbons (Fsp3) is 0.600. The molecule has 1 aliphatic rings. The Morgan fingerprint density at radius 2 is 1.94 bits per heavy atom. The summed E-state index contributed by atoms with van der Waals surface area (Å²) in [6.07, 6.45) is 2.80. The van der Waals surface area contributed by atoms with E-state index in [-0.39, 0.29) is 0 Å². The first-order chi connectivity index (χ1) is 8.74. The van der Waals surface area contributed by atoms with Gasteiger partial charge in [-0.2, -0.15) is 0 Å². The number of ether oxygens (including phenoxy) is 2. The van der Waals surface area contributed by atoms with Gasteiger partial charge >= 0.3 is 0 Å². The predicted octanol–water partition coefficient (Wildman–Crippen LogP) is 2.34. The van der Waals surface area contributed by atoms with Gasteiger partial charge in [-0.05, 0) is 30.7 Å². The Balaban J connectivity index is 2.10. The molecule has 1 N–H and O–H groups in total. The standard InChI is InChI=1S/C15H22O3/c1-17-12-15(16,14-5-3-2-4-6-14)11-13-7-9-18-10-8-13/h2-6,13,16H,7-12H2,1H3. The summed E-state index contributed by atoms with van der Waals surface area (Å²) in [5.41, 5.74) is 0.0659. The van der Waals surface area contributed by atoms with E-state index >= 15 is 0 Å². The van der Waals surface area contributed by atoms with Crippen molar-refractivity contribution in [3.63, 3.8) is 0 Å². The van der Waals surface area contributed by atoms with Gasteiger partial charge in [-0.15, -0.1) is 0 Å². The minimum Gasteiger partial charge on any atom is -0.383 e. The van der Waals surface area contributed by atoms with Gasteiger partial charge in [-0.3, -0.25) is 0 Å². The van der Waals surface area contributed by atoms with Crippen LogP contribution in [-0.4, -0.2) is 32.0 Å². The van der Waals surface area contributed by atoms with Crippen molar-refractivity contribution in [3.8, 4) is 0 Å². The molecule has 3 nitrogen and oxygen atoms in total. The van der Waals surface area contributed by atoms with Crippen molar-refractivity contribution in [1.29, 1.82) is 0 Å². The molecule has 1 atom stereocenters. The molecule has 18 heavy (non-hydrogen) atoms. The van der Waals surface area contributed by atoms with Gasteiger partial charge in [-0.25, -0.2) is 0 Å². The Labute approximate surface area is 109 Å². The number of hydrogen-bond donors (Lipinski definition) is 1. The molecule has 2 rings (SSSR count). The number of benzene rings is 1. The maximum atomic E-state index is 10.9. The molecule has 3 heteroatoms. The zero-order chi connectivity index (χ0) is 12.8. The zero-order valence-electron chi connectivity index (χ0n) is 11.0. The van der Waals surface area contributed by atoms with Crippen molar-refractivity contribution in [2.75, 3.05) is 26.9 Å². The molecule has 0 saturated carbocycles. The smallest absolute Gasteiger partial charge is 0.113 e. The average molecular weight is 250 g/mol. The van der Waals surface area contributed by atoms with E-state index in [1.165, 1.54) is 0 Å². The summed E-state index contributed by atoms with van der Waals surface area (Å²) in [4.78, 5) is 0. The molecule has 1 aromatic carbocycles. The maximum absolute atomic E-state index is 10.9. The molecule has 0 radical (unpaired) electrons. The van der Waals surface area contributed by atoms with Crippen molar-refractivity contribution >= 4 is 0 Å². The van der Waals surface area contributed by atoms with E-state index in [1.54, 1.807) is 7.11 Å². The SMILES string of the molecule is COCC(O)(CC1CCOCC1)c1ccccc1. The van der Waals surface area contributed by atoms with E-state index in [0.717, 1.165) is 38.0 Å². The maximum Gasteiger partial charge on any atom is 0.113 e. The molecule has 1 fully saturated rings. The molecular formula is C15H22O3. The largest absolute Gasteiger partial charge is 0.383 e. The van der Waals surface area contributed by atoms with Crippen LogP contribution in [-0.2, 0) is 15.1 Å². The number of hydrogen-bond acceptors (Lipinski definition) is 3. The van der Waals surface area contributed by atoms with Gasteiger partial charge in [0.05, 0.1) is 6.61 Å². The van der Waals surface area contributed by atoms with Gasteiger partial charge in [0, 0.05) is 20.3 Å². The van der Waals surface area contributed by atoms with Crippen molar-refractivity contribution in [1.82, 2.24) is 0 Å². The normalized spacial score (nSPS) is 20.6. The lowest BCUT2D eigenvalue weighted by Crippen LogP contribution is -2.35. The molecular weight excluding hydrogens is 228 g/mol. The second-order valence-electron chi connectivity index (χ2n) is 5.09. The average Bonchev–Trinajstić information content (AvgIpc) is 2.41. The Bertz CT molecular complexity index is 346. The first-order valence-corrected chi connectivity index (χ1v) is 6.59. The summed E-state index contributed by atoms with van der Waals surface area (Å²) in [5, 5.41) is 10.9. The third kappa shape index (κ3) is 3.31. The lowest BCUT2D eigenvalue weighted by Gasteiger charge is -2.33. The molecule has 1 aromatic rings. The van der Waals surface area contributed by atoms with Crippen molar-refractivity contribution in [2.45, 2.75) is 24.9 Å². The number of rotatable bonds is 5. The molecule has 0 amide bonds. The second kappa shape index (κ2) is 6.32. The van der Waals surface area contributed by atoms with E-state index in [4.69, 9.17) is 9.47 Å². The molecule has 100 valence electrons. The summed E-state index contributed by atoms with van der Waals surface area (Å²) in [6, 6.07) is 9.82. The third-order valence-corrected chi connectivity index (χ3v) is 3.66. The van der Waals surface area contributed by atoms with Crippen LogP contribution in [0.1, 0.15) is 24.8 Å². The Morgan fingerprint density at radius 3 is 2.56 bits per heavy atom. The molecule has 1 aliphatic heterocycles. The van der Waals surface area contributed by atoms with Crippen LogP contribution in [0.2, 0.25) is 0 Å². The molecule has 1 heterocycles. The van der Waals surface area contributed by atoms with Gasteiger partial charge < -0.3 is 14.6 Å². The highest BCUT2D eigenvalue weighted by Crippen LogP contribution is 2.33. The van der Waals surface area contributed by atoms with Crippen LogP contribution in [0.4, 0.5) is 0 Å². The van der Waals surface area contributed by atoms with Crippen LogP contribution in [0.15, 0.2) is 30.3 Å². The predicted molar refractivity (Wildman–Crippen MR) is 70.4 cm³/mol. The summed E-state index contributed by atoms with van der Waals surface area (Å²) < 4.78 is 10.6. The van der Waals surface area contributed by atoms with Crippen molar-refractivity contribution in [2.24, 2.45) is 5.92 Å². The molecule has 1 saturated heterocycles. The quantitative estimate of drug-likeness (QED) is 0.871. The van der Waals surface area contributed by atoms with Crippen LogP contribution in [0, 0.1) is 5.92 Å². The lowest BCUT2D eigenvalue weighted by molar-refractivity contribution is -0.0642. The fourth-order valence-corrected chi connectivity index (χ4v) is 2.68. The zero-order valence-corrected chi connectivity index (χ0v) is 11.0. The van der Waals surface area contributed by atoms with Crippen molar-refractivity contribution < 1.29 is 14.6 Å². The molecule has 1 unspecified atom stereocenters. The van der Waals surface area contributed by atoms with Gasteiger partial charge in [0.25, 0.3) is 0 Å². The summed E-state index contributed by atoms with van der Waals surface area (Å²) in [5.74, 6) is 0.513. The van der Waals surface area contributed by atoms with Gasteiger partial charge in [-0.1, -0.05) is 30.3 Å². The number of methoxy groups -OCH3 is 1. The van der Waals surface area contributed by atoms with Crippen LogP contribution in [0.3, 0.4) is 0 Å². The summed E-state index contributed by atoms with van der Waals surface area (Å²) >= 11 is 0. The first-order valence-electron chi connectivity index (χ1n) is 6.59. The third-order valence-electron chi connectivity index (χ3n) is 3.66. The van der Waals surface area contributed by atoms with Gasteiger partial charge in [0.1, 0.15) is 5.60 Å². The lowest BCUT2D eigenvalue weighted by atomic mass is 9.82. The Kier molecular flexibility index (Phi) is 4.75. The van der Waals surface area contributed by atoms with Gasteiger partial charge in [0.2, 0.25) is 0 Å². The summed E-state index contributed by atoms with van der Waals surface area (Å²) in [7, 11) is 1.64. The van der Waals surface area contributed by atoms with Crippen LogP contribution < -0.4 is 0 Å². The topological polar surface area (TPSA) is 38.7 Å². The minimum atomic E-state index is -0.877. The molecule has 0 spiro atoms. The van der Waals surface area contributed by atoms with E-state index < -0.39 is 5.60 Å². The first kappa shape index (κ1) is 13.5. The summed E-state index contributed by atoms with van der Waals surface area (Å²) in [6.45, 7) is 1.96. The Morgan fingerprint density at radius 1 is 1.28 bits per heavy atom. The van der Waals surface area contributed by atoms with E-state index in [9.17, 15) is 5.11 Å². The van der Waals surface area contributed by atoms with Crippen molar-refractivity contribution in [3.05, 3.63) is 35.9 Å². The molecule has 0 aromatic heterocycles. The molecule has 0 aliphatic carbocycles. The van der Waals surface area contributed by atoms with E-state index in [0.29, 0.717) is 12.5 Å². The van der Waals surface area contributed by atoms with Crippen LogP contribution in [0.5, 0.6) is 0 Å². The van der Waals surface area contributed by atoms with E-state index in [1.807, 2.05) is 30.3 Å². The fourth-order valence-electron chi connectivity index (χ4n) is 2.68. The highest BCUT2D eigenvalue weighted by Gasteiger charge is 2.33. The highest BCUT2D eigenvalue weighted by atomic mass is 16.5. The van der Waals surface area contributed by atoms with Gasteiger partial charge in [0.15, 0.2) is 0 Å². The molecule has 0 bridgehead atoms. The highest BCUT2D eigenvalue weighted by molar-refractivity contribution is 5.22. The monoisotopic (exact) mass is 250 g/mol. The number of aliphatic hydroxyl groups is 1. The Hall–Kier alpha value is -0.900. The van der Waals surface area contributed by atoms with Crippen LogP contribution >= 0.6 is 0 Å².